The van der Waals surface area contributed by atoms with E-state index in [1.807, 2.05) is 36.4 Å². The van der Waals surface area contributed by atoms with Crippen LogP contribution in [0.2, 0.25) is 0 Å². The molecule has 1 N–H and O–H groups in total. The normalized spacial score (nSPS) is 11.9. The molecule has 0 unspecified atom stereocenters. The van der Waals surface area contributed by atoms with Gasteiger partial charge >= 0.3 is 5.97 Å². The van der Waals surface area contributed by atoms with E-state index in [0.717, 1.165) is 11.1 Å². The summed E-state index contributed by atoms with van der Waals surface area (Å²) in [6, 6.07) is 9.75. The van der Waals surface area contributed by atoms with Crippen LogP contribution in [0.5, 0.6) is 0 Å². The van der Waals surface area contributed by atoms with E-state index in [9.17, 15) is 4.79 Å². The van der Waals surface area contributed by atoms with E-state index in [1.54, 1.807) is 13.0 Å². The number of benzene rings is 1. The average Bonchev–Trinajstić information content (AvgIpc) is 2.15. The molecule has 1 aromatic rings. The number of rotatable bonds is 3. The van der Waals surface area contributed by atoms with Gasteiger partial charge in [0.25, 0.3) is 0 Å². The number of carboxylic acids is 1. The molecule has 1 aromatic carbocycles. The van der Waals surface area contributed by atoms with E-state index in [4.69, 9.17) is 5.11 Å². The maximum atomic E-state index is 10.3. The zero-order chi connectivity index (χ0) is 10.4. The first-order valence-corrected chi connectivity index (χ1v) is 4.33. The van der Waals surface area contributed by atoms with Crippen molar-refractivity contribution < 1.29 is 9.90 Å². The second-order valence-corrected chi connectivity index (χ2v) is 2.97. The molecular formula is C12H12O2. The van der Waals surface area contributed by atoms with Crippen LogP contribution in [0.1, 0.15) is 12.5 Å². The maximum Gasteiger partial charge on any atom is 0.328 e. The Kier molecular flexibility index (Phi) is 3.68. The lowest BCUT2D eigenvalue weighted by Crippen LogP contribution is -1.87. The van der Waals surface area contributed by atoms with Gasteiger partial charge in [-0.1, -0.05) is 42.5 Å². The van der Waals surface area contributed by atoms with Crippen molar-refractivity contribution in [1.82, 2.24) is 0 Å². The largest absolute Gasteiger partial charge is 0.478 e. The van der Waals surface area contributed by atoms with E-state index >= 15 is 0 Å². The number of hydrogen-bond acceptors (Lipinski definition) is 1. The Morgan fingerprint density at radius 2 is 1.93 bits per heavy atom. The van der Waals surface area contributed by atoms with Gasteiger partial charge in [-0.3, -0.25) is 0 Å². The van der Waals surface area contributed by atoms with Gasteiger partial charge in [-0.25, -0.2) is 4.79 Å². The highest BCUT2D eigenvalue weighted by Crippen LogP contribution is 2.04. The highest BCUT2D eigenvalue weighted by Gasteiger charge is 1.89. The molecule has 0 aliphatic carbocycles. The van der Waals surface area contributed by atoms with Crippen molar-refractivity contribution in [1.29, 1.82) is 0 Å². The van der Waals surface area contributed by atoms with Gasteiger partial charge < -0.3 is 5.11 Å². The number of hydrogen-bond donors (Lipinski definition) is 1. The fraction of sp³-hybridized carbons (Fsp3) is 0.0833. The average molecular weight is 188 g/mol. The molecule has 1 rings (SSSR count). The second-order valence-electron chi connectivity index (χ2n) is 2.97. The van der Waals surface area contributed by atoms with Crippen molar-refractivity contribution in [2.24, 2.45) is 0 Å². The molecule has 0 spiro atoms. The third-order valence-corrected chi connectivity index (χ3v) is 1.69. The van der Waals surface area contributed by atoms with Gasteiger partial charge in [0.05, 0.1) is 0 Å². The third-order valence-electron chi connectivity index (χ3n) is 1.69. The number of carboxylic acid groups (broad SMARTS) is 1. The highest BCUT2D eigenvalue weighted by atomic mass is 16.4. The lowest BCUT2D eigenvalue weighted by Gasteiger charge is -1.91. The molecule has 0 amide bonds. The summed E-state index contributed by atoms with van der Waals surface area (Å²) < 4.78 is 0. The van der Waals surface area contributed by atoms with Crippen molar-refractivity contribution in [3.63, 3.8) is 0 Å². The summed E-state index contributed by atoms with van der Waals surface area (Å²) in [7, 11) is 0. The lowest BCUT2D eigenvalue weighted by molar-refractivity contribution is -0.131. The van der Waals surface area contributed by atoms with Gasteiger partial charge in [0.2, 0.25) is 0 Å². The molecule has 0 radical (unpaired) electrons. The SMILES string of the molecule is CC(=CC(=O)O)/C=C/c1ccccc1. The monoisotopic (exact) mass is 188 g/mol. The van der Waals surface area contributed by atoms with E-state index in [2.05, 4.69) is 0 Å². The summed E-state index contributed by atoms with van der Waals surface area (Å²) in [5.74, 6) is -0.916. The van der Waals surface area contributed by atoms with Crippen LogP contribution in [-0.4, -0.2) is 11.1 Å². The number of carbonyl (C=O) groups is 1. The Balaban J connectivity index is 2.70. The number of allylic oxidation sites excluding steroid dienone is 2. The molecule has 0 aliphatic rings. The van der Waals surface area contributed by atoms with Crippen LogP contribution in [0.3, 0.4) is 0 Å². The molecule has 0 saturated heterocycles. The van der Waals surface area contributed by atoms with Crippen LogP contribution >= 0.6 is 0 Å². The predicted molar refractivity (Wildman–Crippen MR) is 56.9 cm³/mol. The fourth-order valence-electron chi connectivity index (χ4n) is 1.03. The summed E-state index contributed by atoms with van der Waals surface area (Å²) in [5.41, 5.74) is 1.78. The van der Waals surface area contributed by atoms with E-state index < -0.39 is 5.97 Å². The van der Waals surface area contributed by atoms with E-state index in [1.165, 1.54) is 6.08 Å². The topological polar surface area (TPSA) is 37.3 Å². The highest BCUT2D eigenvalue weighted by molar-refractivity contribution is 5.81. The quantitative estimate of drug-likeness (QED) is 0.585. The molecule has 0 atom stereocenters. The van der Waals surface area contributed by atoms with E-state index in [0.29, 0.717) is 0 Å². The van der Waals surface area contributed by atoms with Crippen LogP contribution < -0.4 is 0 Å². The van der Waals surface area contributed by atoms with Crippen LogP contribution in [0.15, 0.2) is 48.1 Å². The standard InChI is InChI=1S/C12H12O2/c1-10(9-12(13)14)7-8-11-5-3-2-4-6-11/h2-9H,1H3,(H,13,14)/b8-7+,10-9?. The summed E-state index contributed by atoms with van der Waals surface area (Å²) in [6.45, 7) is 1.76. The van der Waals surface area contributed by atoms with Crippen LogP contribution in [0, 0.1) is 0 Å². The second kappa shape index (κ2) is 5.02. The summed E-state index contributed by atoms with van der Waals surface area (Å²) in [6.07, 6.45) is 4.84. The van der Waals surface area contributed by atoms with Crippen molar-refractivity contribution in [2.45, 2.75) is 6.92 Å². The molecule has 0 aromatic heterocycles. The van der Waals surface area contributed by atoms with Crippen molar-refractivity contribution in [3.8, 4) is 0 Å². The Morgan fingerprint density at radius 3 is 2.50 bits per heavy atom. The van der Waals surface area contributed by atoms with Crippen LogP contribution in [-0.2, 0) is 4.79 Å². The molecular weight excluding hydrogens is 176 g/mol. The lowest BCUT2D eigenvalue weighted by atomic mass is 10.2. The molecule has 14 heavy (non-hydrogen) atoms. The Bertz CT molecular complexity index is 361. The molecule has 0 aliphatic heterocycles. The van der Waals surface area contributed by atoms with Crippen LogP contribution in [0.4, 0.5) is 0 Å². The van der Waals surface area contributed by atoms with Gasteiger partial charge in [0, 0.05) is 6.08 Å². The molecule has 2 nitrogen and oxygen atoms in total. The molecule has 0 fully saturated rings. The fourth-order valence-corrected chi connectivity index (χ4v) is 1.03. The van der Waals surface area contributed by atoms with Gasteiger partial charge in [0.15, 0.2) is 0 Å². The number of aliphatic carboxylic acids is 1. The Hall–Kier alpha value is -1.83. The van der Waals surface area contributed by atoms with Gasteiger partial charge in [-0.2, -0.15) is 0 Å². The first-order chi connectivity index (χ1) is 6.68. The smallest absolute Gasteiger partial charge is 0.328 e. The van der Waals surface area contributed by atoms with Gasteiger partial charge in [-0.15, -0.1) is 0 Å². The van der Waals surface area contributed by atoms with Crippen LogP contribution in [0.25, 0.3) is 6.08 Å². The molecule has 72 valence electrons. The Labute approximate surface area is 83.2 Å². The van der Waals surface area contributed by atoms with Gasteiger partial charge in [0.1, 0.15) is 0 Å². The summed E-state index contributed by atoms with van der Waals surface area (Å²) >= 11 is 0. The molecule has 0 heterocycles. The summed E-state index contributed by atoms with van der Waals surface area (Å²) in [4.78, 5) is 10.3. The maximum absolute atomic E-state index is 10.3. The Morgan fingerprint density at radius 1 is 1.29 bits per heavy atom. The van der Waals surface area contributed by atoms with Gasteiger partial charge in [-0.05, 0) is 18.1 Å². The van der Waals surface area contributed by atoms with Crippen molar-refractivity contribution in [2.75, 3.05) is 0 Å². The van der Waals surface area contributed by atoms with Crippen molar-refractivity contribution in [3.05, 3.63) is 53.6 Å². The summed E-state index contributed by atoms with van der Waals surface area (Å²) in [5, 5.41) is 8.47. The minimum atomic E-state index is -0.916. The zero-order valence-electron chi connectivity index (χ0n) is 7.97. The molecule has 0 saturated carbocycles. The third kappa shape index (κ3) is 3.72. The molecule has 0 bridgehead atoms. The predicted octanol–water partition coefficient (Wildman–Crippen LogP) is 2.73. The minimum Gasteiger partial charge on any atom is -0.478 e. The zero-order valence-corrected chi connectivity index (χ0v) is 7.97. The first-order valence-electron chi connectivity index (χ1n) is 4.33. The van der Waals surface area contributed by atoms with Crippen molar-refractivity contribution >= 4 is 12.0 Å². The van der Waals surface area contributed by atoms with E-state index in [-0.39, 0.29) is 0 Å². The molecule has 2 heteroatoms. The minimum absolute atomic E-state index is 0.723. The first kappa shape index (κ1) is 10.3.